The molecule has 10 nitrogen and oxygen atoms in total. The van der Waals surface area contributed by atoms with E-state index in [1.54, 1.807) is 60.5 Å². The van der Waals surface area contributed by atoms with E-state index < -0.39 is 0 Å². The molecule has 0 spiro atoms. The monoisotopic (exact) mass is 586 g/mol. The number of nitrogens with one attached hydrogen (secondary N) is 2. The highest BCUT2D eigenvalue weighted by atomic mass is 35.5. The standard InChI is InChI=1S/C31H27ClN4O6/c1-41-26-4-2-3-22-25(38)13-24-27(28(22)26)19(14-32)16-36(24)31(40)23-12-18-11-20(15-33-29(18)35-23)34-30(39)17-5-7-21(8-6-17)42-10-9-37/h2-8,11-13,15,19,37-38H,9-10,14,16H2,1H3,(H,33,35)(H,34,39)/t19-/m1/s1. The van der Waals surface area contributed by atoms with E-state index in [0.717, 1.165) is 10.9 Å². The quantitative estimate of drug-likeness (QED) is 0.187. The number of rotatable bonds is 8. The lowest BCUT2D eigenvalue weighted by atomic mass is 9.94. The number of fused-ring (bicyclic) bond motifs is 4. The molecule has 0 aliphatic carbocycles. The summed E-state index contributed by atoms with van der Waals surface area (Å²) in [6.07, 6.45) is 1.51. The summed E-state index contributed by atoms with van der Waals surface area (Å²) in [5, 5.41) is 24.6. The maximum Gasteiger partial charge on any atom is 0.274 e. The third kappa shape index (κ3) is 4.84. The molecular formula is C31H27ClN4O6. The van der Waals surface area contributed by atoms with Crippen LogP contribution in [0.15, 0.2) is 66.9 Å². The van der Waals surface area contributed by atoms with Crippen molar-refractivity contribution in [2.75, 3.05) is 43.0 Å². The summed E-state index contributed by atoms with van der Waals surface area (Å²) in [5.41, 5.74) is 3.11. The van der Waals surface area contributed by atoms with E-state index in [2.05, 4.69) is 15.3 Å². The number of aromatic hydroxyl groups is 1. The van der Waals surface area contributed by atoms with Crippen molar-refractivity contribution in [2.24, 2.45) is 0 Å². The maximum atomic E-state index is 13.8. The first-order chi connectivity index (χ1) is 20.4. The average molecular weight is 587 g/mol. The topological polar surface area (TPSA) is 137 Å². The van der Waals surface area contributed by atoms with Crippen LogP contribution in [0.4, 0.5) is 11.4 Å². The number of benzene rings is 3. The number of nitrogens with zero attached hydrogens (tertiary/aromatic N) is 2. The minimum absolute atomic E-state index is 0.0432. The molecule has 3 heterocycles. The molecule has 2 amide bonds. The van der Waals surface area contributed by atoms with E-state index in [1.165, 1.54) is 6.20 Å². The number of carbonyl (C=O) groups excluding carboxylic acids is 2. The Hall–Kier alpha value is -4.80. The van der Waals surface area contributed by atoms with Gasteiger partial charge in [-0.15, -0.1) is 11.6 Å². The molecule has 1 aliphatic rings. The number of phenols is 1. The zero-order valence-electron chi connectivity index (χ0n) is 22.6. The molecule has 4 N–H and O–H groups in total. The number of hydrogen-bond acceptors (Lipinski definition) is 7. The number of alkyl halides is 1. The maximum absolute atomic E-state index is 13.8. The lowest BCUT2D eigenvalue weighted by Gasteiger charge is -2.18. The second kappa shape index (κ2) is 11.2. The molecule has 3 aromatic carbocycles. The highest BCUT2D eigenvalue weighted by Gasteiger charge is 2.36. The molecule has 6 rings (SSSR count). The third-order valence-electron chi connectivity index (χ3n) is 7.31. The minimum atomic E-state index is -0.333. The van der Waals surface area contributed by atoms with Crippen LogP contribution in [-0.2, 0) is 0 Å². The summed E-state index contributed by atoms with van der Waals surface area (Å²) in [4.78, 5) is 35.7. The lowest BCUT2D eigenvalue weighted by Crippen LogP contribution is -2.30. The SMILES string of the molecule is COc1cccc2c(O)cc3c(c12)[C@H](CCl)CN3C(=O)c1cc2cc(NC(=O)c3ccc(OCCO)cc3)cnc2[nH]1. The van der Waals surface area contributed by atoms with Gasteiger partial charge in [-0.05, 0) is 48.0 Å². The van der Waals surface area contributed by atoms with Gasteiger partial charge in [0.05, 0.1) is 31.3 Å². The van der Waals surface area contributed by atoms with Crippen LogP contribution in [0.3, 0.4) is 0 Å². The van der Waals surface area contributed by atoms with Crippen molar-refractivity contribution in [3.8, 4) is 17.2 Å². The van der Waals surface area contributed by atoms with Gasteiger partial charge in [-0.3, -0.25) is 9.59 Å². The number of aliphatic hydroxyl groups excluding tert-OH is 1. The lowest BCUT2D eigenvalue weighted by molar-refractivity contribution is 0.0983. The van der Waals surface area contributed by atoms with Gasteiger partial charge in [0.1, 0.15) is 35.2 Å². The summed E-state index contributed by atoms with van der Waals surface area (Å²) in [6.45, 7) is 0.408. The Kier molecular flexibility index (Phi) is 7.32. The molecule has 1 aliphatic heterocycles. The van der Waals surface area contributed by atoms with E-state index >= 15 is 0 Å². The number of methoxy groups -OCH3 is 1. The van der Waals surface area contributed by atoms with Gasteiger partial charge in [0.25, 0.3) is 11.8 Å². The first kappa shape index (κ1) is 27.4. The number of amides is 2. The second-order valence-electron chi connectivity index (χ2n) is 9.87. The zero-order valence-corrected chi connectivity index (χ0v) is 23.3. The fraction of sp³-hybridized carbons (Fsp3) is 0.194. The van der Waals surface area contributed by atoms with Gasteiger partial charge in [0.2, 0.25) is 0 Å². The number of anilines is 2. The molecule has 11 heteroatoms. The second-order valence-corrected chi connectivity index (χ2v) is 10.2. The predicted octanol–water partition coefficient (Wildman–Crippen LogP) is 5.04. The Morgan fingerprint density at radius 2 is 1.98 bits per heavy atom. The number of aliphatic hydroxyl groups is 1. The number of aromatic amines is 1. The summed E-state index contributed by atoms with van der Waals surface area (Å²) >= 11 is 6.37. The van der Waals surface area contributed by atoms with E-state index in [1.807, 2.05) is 12.1 Å². The van der Waals surface area contributed by atoms with Gasteiger partial charge in [0, 0.05) is 46.1 Å². The van der Waals surface area contributed by atoms with Crippen LogP contribution in [0, 0.1) is 0 Å². The van der Waals surface area contributed by atoms with Crippen LogP contribution in [0.1, 0.15) is 32.3 Å². The molecule has 0 saturated carbocycles. The average Bonchev–Trinajstić information content (AvgIpc) is 3.61. The summed E-state index contributed by atoms with van der Waals surface area (Å²) in [5.74, 6) is 0.675. The number of pyridine rings is 1. The van der Waals surface area contributed by atoms with Gasteiger partial charge in [0.15, 0.2) is 0 Å². The van der Waals surface area contributed by atoms with E-state index in [0.29, 0.717) is 57.1 Å². The Morgan fingerprint density at radius 3 is 2.71 bits per heavy atom. The van der Waals surface area contributed by atoms with Crippen LogP contribution in [0.2, 0.25) is 0 Å². The Bertz CT molecular complexity index is 1820. The summed E-state index contributed by atoms with van der Waals surface area (Å²) in [6, 6.07) is 17.0. The number of carbonyl (C=O) groups is 2. The smallest absolute Gasteiger partial charge is 0.274 e. The molecule has 0 saturated heterocycles. The first-order valence-corrected chi connectivity index (χ1v) is 13.8. The van der Waals surface area contributed by atoms with E-state index in [-0.39, 0.29) is 42.6 Å². The van der Waals surface area contributed by atoms with Gasteiger partial charge < -0.3 is 34.9 Å². The molecule has 214 valence electrons. The minimum Gasteiger partial charge on any atom is -0.507 e. The molecule has 5 aromatic rings. The zero-order chi connectivity index (χ0) is 29.4. The van der Waals surface area contributed by atoms with Gasteiger partial charge >= 0.3 is 0 Å². The summed E-state index contributed by atoms with van der Waals surface area (Å²) < 4.78 is 10.9. The number of aromatic nitrogens is 2. The molecule has 0 bridgehead atoms. The number of ether oxygens (including phenoxy) is 2. The fourth-order valence-corrected chi connectivity index (χ4v) is 5.64. The van der Waals surface area contributed by atoms with Crippen molar-refractivity contribution in [1.29, 1.82) is 0 Å². The number of phenolic OH excluding ortho intramolecular Hbond substituents is 1. The number of H-pyrrole nitrogens is 1. The normalized spacial score (nSPS) is 14.3. The van der Waals surface area contributed by atoms with Gasteiger partial charge in [-0.1, -0.05) is 12.1 Å². The first-order valence-electron chi connectivity index (χ1n) is 13.3. The highest BCUT2D eigenvalue weighted by molar-refractivity contribution is 6.19. The van der Waals surface area contributed by atoms with E-state index in [4.69, 9.17) is 26.2 Å². The number of halogens is 1. The molecule has 0 radical (unpaired) electrons. The highest BCUT2D eigenvalue weighted by Crippen LogP contribution is 2.48. The van der Waals surface area contributed by atoms with Crippen molar-refractivity contribution in [2.45, 2.75) is 5.92 Å². The predicted molar refractivity (Wildman–Crippen MR) is 160 cm³/mol. The van der Waals surface area contributed by atoms with Crippen molar-refractivity contribution >= 4 is 56.6 Å². The summed E-state index contributed by atoms with van der Waals surface area (Å²) in [7, 11) is 1.57. The van der Waals surface area contributed by atoms with Crippen molar-refractivity contribution < 1.29 is 29.3 Å². The Morgan fingerprint density at radius 1 is 1.17 bits per heavy atom. The molecule has 0 unspecified atom stereocenters. The van der Waals surface area contributed by atoms with Crippen molar-refractivity contribution in [1.82, 2.24) is 9.97 Å². The molecule has 0 fully saturated rings. The van der Waals surface area contributed by atoms with Crippen LogP contribution in [0.25, 0.3) is 21.8 Å². The van der Waals surface area contributed by atoms with Crippen LogP contribution in [-0.4, -0.2) is 64.7 Å². The third-order valence-corrected chi connectivity index (χ3v) is 7.68. The molecule has 42 heavy (non-hydrogen) atoms. The van der Waals surface area contributed by atoms with Gasteiger partial charge in [-0.2, -0.15) is 0 Å². The molecular weight excluding hydrogens is 560 g/mol. The van der Waals surface area contributed by atoms with Crippen LogP contribution < -0.4 is 19.7 Å². The van der Waals surface area contributed by atoms with Crippen LogP contribution >= 0.6 is 11.6 Å². The van der Waals surface area contributed by atoms with Crippen LogP contribution in [0.5, 0.6) is 17.2 Å². The largest absolute Gasteiger partial charge is 0.507 e. The Labute approximate surface area is 245 Å². The molecule has 1 atom stereocenters. The Balaban J connectivity index is 1.27. The van der Waals surface area contributed by atoms with Gasteiger partial charge in [-0.25, -0.2) is 4.98 Å². The number of hydrogen-bond donors (Lipinski definition) is 4. The fourth-order valence-electron chi connectivity index (χ4n) is 5.38. The van der Waals surface area contributed by atoms with E-state index in [9.17, 15) is 14.7 Å². The molecule has 2 aromatic heterocycles. The van der Waals surface area contributed by atoms with Crippen molar-refractivity contribution in [3.63, 3.8) is 0 Å². The van der Waals surface area contributed by atoms with Crippen molar-refractivity contribution in [3.05, 3.63) is 83.7 Å².